The zero-order valence-electron chi connectivity index (χ0n) is 16.7. The Balaban J connectivity index is 1.37. The standard InChI is InChI=1S/C24H22N2O3S/c1-25(18-9-3-2-4-10-18)23(27)17-29-24(28)15-16-26-19-11-5-7-13-21(19)30-22-14-8-6-12-20(22)26/h2-14H,15-17H2,1H3. The van der Waals surface area contributed by atoms with Crippen LogP contribution in [0.25, 0.3) is 0 Å². The third kappa shape index (κ3) is 4.33. The fourth-order valence-corrected chi connectivity index (χ4v) is 4.43. The van der Waals surface area contributed by atoms with Crippen molar-refractivity contribution < 1.29 is 14.3 Å². The summed E-state index contributed by atoms with van der Waals surface area (Å²) in [5, 5.41) is 0. The van der Waals surface area contributed by atoms with Crippen molar-refractivity contribution in [3.05, 3.63) is 78.9 Å². The van der Waals surface area contributed by atoms with Crippen LogP contribution >= 0.6 is 11.8 Å². The van der Waals surface area contributed by atoms with Crippen molar-refractivity contribution in [2.45, 2.75) is 16.2 Å². The van der Waals surface area contributed by atoms with E-state index < -0.39 is 5.97 Å². The maximum atomic E-state index is 12.3. The van der Waals surface area contributed by atoms with Crippen molar-refractivity contribution in [3.8, 4) is 0 Å². The molecule has 1 aliphatic rings. The van der Waals surface area contributed by atoms with Gasteiger partial charge in [0.15, 0.2) is 6.61 Å². The van der Waals surface area contributed by atoms with E-state index in [0.717, 1.165) is 26.9 Å². The van der Waals surface area contributed by atoms with Gasteiger partial charge >= 0.3 is 5.97 Å². The zero-order chi connectivity index (χ0) is 20.9. The Morgan fingerprint density at radius 1 is 0.867 bits per heavy atom. The van der Waals surface area contributed by atoms with Crippen LogP contribution in [0.2, 0.25) is 0 Å². The maximum absolute atomic E-state index is 12.3. The summed E-state index contributed by atoms with van der Waals surface area (Å²) in [6.45, 7) is 0.212. The number of likely N-dealkylation sites (N-methyl/N-ethyl adjacent to an activating group) is 1. The van der Waals surface area contributed by atoms with Gasteiger partial charge in [0.25, 0.3) is 5.91 Å². The summed E-state index contributed by atoms with van der Waals surface area (Å²) < 4.78 is 5.25. The van der Waals surface area contributed by atoms with Gasteiger partial charge in [0.05, 0.1) is 17.8 Å². The molecular formula is C24H22N2O3S. The third-order valence-corrected chi connectivity index (χ3v) is 6.08. The Hall–Kier alpha value is -3.25. The monoisotopic (exact) mass is 418 g/mol. The Kier molecular flexibility index (Phi) is 6.05. The average Bonchev–Trinajstić information content (AvgIpc) is 2.80. The second-order valence-corrected chi connectivity index (χ2v) is 7.97. The van der Waals surface area contributed by atoms with Crippen LogP contribution in [0.1, 0.15) is 6.42 Å². The smallest absolute Gasteiger partial charge is 0.308 e. The van der Waals surface area contributed by atoms with Gasteiger partial charge in [-0.2, -0.15) is 0 Å². The lowest BCUT2D eigenvalue weighted by Crippen LogP contribution is -2.31. The zero-order valence-corrected chi connectivity index (χ0v) is 17.5. The molecule has 4 rings (SSSR count). The van der Waals surface area contributed by atoms with Gasteiger partial charge in [-0.3, -0.25) is 9.59 Å². The molecule has 152 valence electrons. The molecule has 0 atom stereocenters. The van der Waals surface area contributed by atoms with Crippen LogP contribution in [-0.2, 0) is 14.3 Å². The van der Waals surface area contributed by atoms with E-state index in [0.29, 0.717) is 6.54 Å². The van der Waals surface area contributed by atoms with E-state index >= 15 is 0 Å². The summed E-state index contributed by atoms with van der Waals surface area (Å²) in [6.07, 6.45) is 0.190. The molecule has 30 heavy (non-hydrogen) atoms. The predicted octanol–water partition coefficient (Wildman–Crippen LogP) is 4.89. The number of hydrogen-bond donors (Lipinski definition) is 0. The molecule has 0 fully saturated rings. The number of fused-ring (bicyclic) bond motifs is 2. The molecule has 6 heteroatoms. The highest BCUT2D eigenvalue weighted by atomic mass is 32.2. The minimum atomic E-state index is -0.391. The van der Waals surface area contributed by atoms with Crippen LogP contribution in [0.4, 0.5) is 17.1 Å². The minimum absolute atomic E-state index is 0.190. The normalized spacial score (nSPS) is 12.0. The predicted molar refractivity (Wildman–Crippen MR) is 119 cm³/mol. The fourth-order valence-electron chi connectivity index (χ4n) is 3.33. The summed E-state index contributed by atoms with van der Waals surface area (Å²) in [5.41, 5.74) is 2.92. The number of benzene rings is 3. The molecule has 0 saturated heterocycles. The van der Waals surface area contributed by atoms with Gasteiger partial charge in [-0.15, -0.1) is 0 Å². The Bertz CT molecular complexity index is 1010. The first-order valence-electron chi connectivity index (χ1n) is 9.74. The third-order valence-electron chi connectivity index (χ3n) is 4.95. The van der Waals surface area contributed by atoms with E-state index in [9.17, 15) is 9.59 Å². The quantitative estimate of drug-likeness (QED) is 0.534. The van der Waals surface area contributed by atoms with Crippen LogP contribution in [0.3, 0.4) is 0 Å². The van der Waals surface area contributed by atoms with Crippen molar-refractivity contribution in [1.82, 2.24) is 0 Å². The Morgan fingerprint density at radius 3 is 2.07 bits per heavy atom. The molecule has 1 aliphatic heterocycles. The van der Waals surface area contributed by atoms with Crippen molar-refractivity contribution in [2.24, 2.45) is 0 Å². The number of hydrogen-bond acceptors (Lipinski definition) is 5. The van der Waals surface area contributed by atoms with Crippen LogP contribution in [0, 0.1) is 0 Å². The lowest BCUT2D eigenvalue weighted by Gasteiger charge is -2.32. The van der Waals surface area contributed by atoms with Gasteiger partial charge < -0.3 is 14.5 Å². The largest absolute Gasteiger partial charge is 0.455 e. The number of carbonyl (C=O) groups is 2. The van der Waals surface area contributed by atoms with Gasteiger partial charge in [-0.05, 0) is 36.4 Å². The molecule has 5 nitrogen and oxygen atoms in total. The molecule has 0 aromatic heterocycles. The number of esters is 1. The average molecular weight is 419 g/mol. The Labute approximate surface area is 180 Å². The lowest BCUT2D eigenvalue weighted by atomic mass is 10.2. The molecule has 0 aliphatic carbocycles. The van der Waals surface area contributed by atoms with Crippen LogP contribution < -0.4 is 9.80 Å². The number of para-hydroxylation sites is 3. The molecule has 0 bridgehead atoms. The molecule has 3 aromatic carbocycles. The van der Waals surface area contributed by atoms with E-state index in [-0.39, 0.29) is 18.9 Å². The Morgan fingerprint density at radius 2 is 1.43 bits per heavy atom. The van der Waals surface area contributed by atoms with Gasteiger partial charge in [-0.25, -0.2) is 0 Å². The molecule has 0 radical (unpaired) electrons. The van der Waals surface area contributed by atoms with E-state index in [4.69, 9.17) is 4.74 Å². The first-order chi connectivity index (χ1) is 14.6. The van der Waals surface area contributed by atoms with E-state index in [2.05, 4.69) is 29.2 Å². The number of ether oxygens (including phenoxy) is 1. The highest BCUT2D eigenvalue weighted by molar-refractivity contribution is 7.99. The summed E-state index contributed by atoms with van der Waals surface area (Å²) in [4.78, 5) is 30.6. The van der Waals surface area contributed by atoms with Crippen LogP contribution in [0.15, 0.2) is 88.7 Å². The number of rotatable bonds is 6. The molecule has 0 N–H and O–H groups in total. The molecule has 3 aromatic rings. The van der Waals surface area contributed by atoms with E-state index in [1.54, 1.807) is 18.8 Å². The highest BCUT2D eigenvalue weighted by Gasteiger charge is 2.23. The van der Waals surface area contributed by atoms with Gasteiger partial charge in [0, 0.05) is 29.1 Å². The van der Waals surface area contributed by atoms with Crippen molar-refractivity contribution >= 4 is 40.7 Å². The van der Waals surface area contributed by atoms with Gasteiger partial charge in [0.2, 0.25) is 0 Å². The highest BCUT2D eigenvalue weighted by Crippen LogP contribution is 2.47. The van der Waals surface area contributed by atoms with Crippen molar-refractivity contribution in [2.75, 3.05) is 30.0 Å². The molecular weight excluding hydrogens is 396 g/mol. The van der Waals surface area contributed by atoms with Crippen LogP contribution in [-0.4, -0.2) is 32.1 Å². The first kappa shape index (κ1) is 20.0. The summed E-state index contributed by atoms with van der Waals surface area (Å²) in [5.74, 6) is -0.655. The molecule has 0 unspecified atom stereocenters. The second kappa shape index (κ2) is 9.05. The number of amides is 1. The molecule has 1 amide bonds. The number of nitrogens with zero attached hydrogens (tertiary/aromatic N) is 2. The van der Waals surface area contributed by atoms with E-state index in [1.165, 1.54) is 4.90 Å². The summed E-state index contributed by atoms with van der Waals surface area (Å²) in [7, 11) is 1.67. The fraction of sp³-hybridized carbons (Fsp3) is 0.167. The van der Waals surface area contributed by atoms with Crippen LogP contribution in [0.5, 0.6) is 0 Å². The minimum Gasteiger partial charge on any atom is -0.455 e. The molecule has 1 heterocycles. The van der Waals surface area contributed by atoms with Crippen molar-refractivity contribution in [3.63, 3.8) is 0 Å². The van der Waals surface area contributed by atoms with Gasteiger partial charge in [0.1, 0.15) is 0 Å². The topological polar surface area (TPSA) is 49.9 Å². The molecule has 0 spiro atoms. The first-order valence-corrected chi connectivity index (χ1v) is 10.6. The second-order valence-electron chi connectivity index (χ2n) is 6.89. The number of carbonyl (C=O) groups excluding carboxylic acids is 2. The van der Waals surface area contributed by atoms with E-state index in [1.807, 2.05) is 54.6 Å². The summed E-state index contributed by atoms with van der Waals surface area (Å²) in [6, 6.07) is 25.6. The van der Waals surface area contributed by atoms with Crippen molar-refractivity contribution in [1.29, 1.82) is 0 Å². The maximum Gasteiger partial charge on any atom is 0.308 e. The molecule has 0 saturated carbocycles. The van der Waals surface area contributed by atoms with Gasteiger partial charge in [-0.1, -0.05) is 54.2 Å². The SMILES string of the molecule is CN(C(=O)COC(=O)CCN1c2ccccc2Sc2ccccc21)c1ccccc1. The summed E-state index contributed by atoms with van der Waals surface area (Å²) >= 11 is 1.73. The number of anilines is 3. The lowest BCUT2D eigenvalue weighted by molar-refractivity contribution is -0.147.